The van der Waals surface area contributed by atoms with Crippen molar-refractivity contribution in [2.24, 2.45) is 0 Å². The second kappa shape index (κ2) is 4.57. The minimum absolute atomic E-state index is 0.158. The van der Waals surface area contributed by atoms with Crippen LogP contribution in [-0.4, -0.2) is 16.3 Å². The molecule has 0 saturated carbocycles. The molecule has 0 radical (unpaired) electrons. The van der Waals surface area contributed by atoms with Gasteiger partial charge < -0.3 is 5.11 Å². The molecule has 2 nitrogen and oxygen atoms in total. The third kappa shape index (κ3) is 3.83. The van der Waals surface area contributed by atoms with E-state index in [1.807, 2.05) is 0 Å². The average Bonchev–Trinajstić information content (AvgIpc) is 2.14. The molecule has 6 heteroatoms. The minimum Gasteiger partial charge on any atom is -0.388 e. The van der Waals surface area contributed by atoms with E-state index in [0.29, 0.717) is 0 Å². The Morgan fingerprint density at radius 3 is 2.60 bits per heavy atom. The molecule has 84 valence electrons. The molecule has 1 rings (SSSR count). The molecule has 0 aromatic carbocycles. The summed E-state index contributed by atoms with van der Waals surface area (Å²) in [6, 6.07) is 1.16. The van der Waals surface area contributed by atoms with E-state index in [2.05, 4.69) is 4.98 Å². The average molecular weight is 223 g/mol. The van der Waals surface area contributed by atoms with E-state index in [0.717, 1.165) is 12.3 Å². The fraction of sp³-hybridized carbons (Fsp3) is 0.444. The standard InChI is InChI=1S/C9H9F4NO/c10-7-5-14-4-2-6(7)8(15)1-3-9(11,12)13/h2,4-5,8,15H,1,3H2. The summed E-state index contributed by atoms with van der Waals surface area (Å²) in [4.78, 5) is 3.43. The zero-order valence-corrected chi connectivity index (χ0v) is 7.63. The highest BCUT2D eigenvalue weighted by Gasteiger charge is 2.28. The number of halogens is 4. The smallest absolute Gasteiger partial charge is 0.388 e. The van der Waals surface area contributed by atoms with Gasteiger partial charge in [0.2, 0.25) is 0 Å². The molecule has 0 amide bonds. The van der Waals surface area contributed by atoms with Crippen LogP contribution in [0.3, 0.4) is 0 Å². The van der Waals surface area contributed by atoms with Crippen molar-refractivity contribution >= 4 is 0 Å². The third-order valence-electron chi connectivity index (χ3n) is 1.86. The number of rotatable bonds is 3. The van der Waals surface area contributed by atoms with Gasteiger partial charge in [-0.3, -0.25) is 4.98 Å². The topological polar surface area (TPSA) is 33.1 Å². The van der Waals surface area contributed by atoms with Crippen LogP contribution in [0.4, 0.5) is 17.6 Å². The quantitative estimate of drug-likeness (QED) is 0.799. The Bertz CT molecular complexity index is 326. The molecule has 1 heterocycles. The molecule has 1 unspecified atom stereocenters. The van der Waals surface area contributed by atoms with Crippen LogP contribution < -0.4 is 0 Å². The zero-order chi connectivity index (χ0) is 11.5. The predicted molar refractivity (Wildman–Crippen MR) is 44.4 cm³/mol. The maximum atomic E-state index is 13.0. The molecule has 1 aromatic rings. The number of hydrogen-bond acceptors (Lipinski definition) is 2. The first-order chi connectivity index (χ1) is 6.90. The molecule has 1 atom stereocenters. The van der Waals surface area contributed by atoms with Gasteiger partial charge >= 0.3 is 6.18 Å². The lowest BCUT2D eigenvalue weighted by Crippen LogP contribution is -2.10. The molecule has 1 N–H and O–H groups in total. The number of alkyl halides is 3. The van der Waals surface area contributed by atoms with Gasteiger partial charge in [0, 0.05) is 18.2 Å². The first kappa shape index (κ1) is 11.9. The van der Waals surface area contributed by atoms with Crippen molar-refractivity contribution in [3.8, 4) is 0 Å². The van der Waals surface area contributed by atoms with Gasteiger partial charge in [-0.05, 0) is 12.5 Å². The van der Waals surface area contributed by atoms with E-state index >= 15 is 0 Å². The molecule has 0 saturated heterocycles. The SMILES string of the molecule is OC(CCC(F)(F)F)c1ccncc1F. The zero-order valence-electron chi connectivity index (χ0n) is 7.63. The van der Waals surface area contributed by atoms with Crippen LogP contribution >= 0.6 is 0 Å². The summed E-state index contributed by atoms with van der Waals surface area (Å²) in [6.45, 7) is 0. The molecule has 0 spiro atoms. The summed E-state index contributed by atoms with van der Waals surface area (Å²) in [5, 5.41) is 9.30. The first-order valence-corrected chi connectivity index (χ1v) is 4.24. The highest BCUT2D eigenvalue weighted by Crippen LogP contribution is 2.28. The highest BCUT2D eigenvalue weighted by atomic mass is 19.4. The Morgan fingerprint density at radius 1 is 1.40 bits per heavy atom. The second-order valence-electron chi connectivity index (χ2n) is 3.07. The summed E-state index contributed by atoms with van der Waals surface area (Å²) >= 11 is 0. The molecule has 15 heavy (non-hydrogen) atoms. The van der Waals surface area contributed by atoms with Crippen LogP contribution in [0.2, 0.25) is 0 Å². The van der Waals surface area contributed by atoms with Crippen molar-refractivity contribution < 1.29 is 22.7 Å². The fourth-order valence-corrected chi connectivity index (χ4v) is 1.11. The summed E-state index contributed by atoms with van der Waals surface area (Å²) < 4.78 is 48.4. The summed E-state index contributed by atoms with van der Waals surface area (Å²) in [5.41, 5.74) is -0.158. The maximum absolute atomic E-state index is 13.0. The lowest BCUT2D eigenvalue weighted by atomic mass is 10.1. The fourth-order valence-electron chi connectivity index (χ4n) is 1.11. The Morgan fingerprint density at radius 2 is 2.07 bits per heavy atom. The lowest BCUT2D eigenvalue weighted by Gasteiger charge is -2.12. The molecule has 1 aromatic heterocycles. The van der Waals surface area contributed by atoms with Crippen molar-refractivity contribution in [1.29, 1.82) is 0 Å². The Labute approximate surface area is 83.6 Å². The minimum atomic E-state index is -4.34. The maximum Gasteiger partial charge on any atom is 0.389 e. The van der Waals surface area contributed by atoms with Gasteiger partial charge in [0.15, 0.2) is 0 Å². The number of hydrogen-bond donors (Lipinski definition) is 1. The lowest BCUT2D eigenvalue weighted by molar-refractivity contribution is -0.140. The van der Waals surface area contributed by atoms with Crippen molar-refractivity contribution in [3.63, 3.8) is 0 Å². The normalized spacial score (nSPS) is 13.9. The molecular weight excluding hydrogens is 214 g/mol. The number of aliphatic hydroxyl groups is 1. The largest absolute Gasteiger partial charge is 0.389 e. The number of pyridine rings is 1. The second-order valence-corrected chi connectivity index (χ2v) is 3.07. The van der Waals surface area contributed by atoms with Crippen LogP contribution in [0.1, 0.15) is 24.5 Å². The van der Waals surface area contributed by atoms with Crippen molar-refractivity contribution in [3.05, 3.63) is 29.8 Å². The molecule has 0 fully saturated rings. The predicted octanol–water partition coefficient (Wildman–Crippen LogP) is 2.60. The molecule has 0 aliphatic carbocycles. The van der Waals surface area contributed by atoms with E-state index in [9.17, 15) is 22.7 Å². The van der Waals surface area contributed by atoms with Gasteiger partial charge in [-0.25, -0.2) is 4.39 Å². The first-order valence-electron chi connectivity index (χ1n) is 4.24. The van der Waals surface area contributed by atoms with Crippen LogP contribution in [0.15, 0.2) is 18.5 Å². The Kier molecular flexibility index (Phi) is 3.62. The van der Waals surface area contributed by atoms with Crippen LogP contribution in [0.5, 0.6) is 0 Å². The van der Waals surface area contributed by atoms with Crippen LogP contribution in [0.25, 0.3) is 0 Å². The van der Waals surface area contributed by atoms with E-state index in [1.165, 1.54) is 6.20 Å². The van der Waals surface area contributed by atoms with E-state index in [1.54, 1.807) is 0 Å². The van der Waals surface area contributed by atoms with Gasteiger partial charge in [-0.1, -0.05) is 0 Å². The molecule has 0 aliphatic rings. The number of aliphatic hydroxyl groups excluding tert-OH is 1. The van der Waals surface area contributed by atoms with Crippen LogP contribution in [-0.2, 0) is 0 Å². The highest BCUT2D eigenvalue weighted by molar-refractivity contribution is 5.15. The van der Waals surface area contributed by atoms with Crippen LogP contribution in [0, 0.1) is 5.82 Å². The van der Waals surface area contributed by atoms with Gasteiger partial charge in [-0.15, -0.1) is 0 Å². The molecule has 0 bridgehead atoms. The number of nitrogens with zero attached hydrogens (tertiary/aromatic N) is 1. The van der Waals surface area contributed by atoms with Gasteiger partial charge in [-0.2, -0.15) is 13.2 Å². The van der Waals surface area contributed by atoms with E-state index < -0.39 is 30.9 Å². The Hall–Kier alpha value is -1.17. The van der Waals surface area contributed by atoms with E-state index in [4.69, 9.17) is 0 Å². The van der Waals surface area contributed by atoms with Gasteiger partial charge in [0.05, 0.1) is 12.3 Å². The van der Waals surface area contributed by atoms with E-state index in [-0.39, 0.29) is 5.56 Å². The Balaban J connectivity index is 2.62. The monoisotopic (exact) mass is 223 g/mol. The number of aromatic nitrogens is 1. The van der Waals surface area contributed by atoms with Gasteiger partial charge in [0.1, 0.15) is 5.82 Å². The summed E-state index contributed by atoms with van der Waals surface area (Å²) in [6.07, 6.45) is -5.42. The van der Waals surface area contributed by atoms with Crippen molar-refractivity contribution in [2.45, 2.75) is 25.1 Å². The summed E-state index contributed by atoms with van der Waals surface area (Å²) in [7, 11) is 0. The third-order valence-corrected chi connectivity index (χ3v) is 1.86. The van der Waals surface area contributed by atoms with Crippen molar-refractivity contribution in [2.75, 3.05) is 0 Å². The molecular formula is C9H9F4NO. The van der Waals surface area contributed by atoms with Crippen molar-refractivity contribution in [1.82, 2.24) is 4.98 Å². The summed E-state index contributed by atoms with van der Waals surface area (Å²) in [5.74, 6) is -0.799. The molecule has 0 aliphatic heterocycles. The van der Waals surface area contributed by atoms with Gasteiger partial charge in [0.25, 0.3) is 0 Å².